The molecule has 7 heteroatoms. The van der Waals surface area contributed by atoms with E-state index >= 15 is 0 Å². The standard InChI is InChI=1S/C20H19N3O4/c1-11-7-14-15(16(24)8-11)9-21-18-17(14)19(25)22-20(26)23(18)10-12-3-5-13(27-2)6-4-12/h3-6,9,11H,7-8,10H2,1-2H3,(H,22,25,26)/t11-/m1/s1. The molecule has 4 rings (SSSR count). The molecular weight excluding hydrogens is 346 g/mol. The van der Waals surface area contributed by atoms with Gasteiger partial charge in [0.05, 0.1) is 19.0 Å². The monoisotopic (exact) mass is 365 g/mol. The number of ether oxygens (including phenoxy) is 1. The van der Waals surface area contributed by atoms with Gasteiger partial charge in [0.1, 0.15) is 11.4 Å². The van der Waals surface area contributed by atoms with E-state index in [0.29, 0.717) is 35.0 Å². The third-order valence-electron chi connectivity index (χ3n) is 5.00. The van der Waals surface area contributed by atoms with Gasteiger partial charge in [0.15, 0.2) is 5.78 Å². The predicted molar refractivity (Wildman–Crippen MR) is 101 cm³/mol. The Kier molecular flexibility index (Phi) is 4.14. The van der Waals surface area contributed by atoms with Crippen LogP contribution in [0.25, 0.3) is 11.0 Å². The number of hydrogen-bond acceptors (Lipinski definition) is 5. The maximum Gasteiger partial charge on any atom is 0.330 e. The van der Waals surface area contributed by atoms with Gasteiger partial charge in [-0.2, -0.15) is 0 Å². The molecule has 1 atom stereocenters. The lowest BCUT2D eigenvalue weighted by Gasteiger charge is -2.21. The second-order valence-corrected chi connectivity index (χ2v) is 6.98. The molecule has 1 aliphatic carbocycles. The molecule has 7 nitrogen and oxygen atoms in total. The van der Waals surface area contributed by atoms with Gasteiger partial charge in [-0.1, -0.05) is 19.1 Å². The van der Waals surface area contributed by atoms with Gasteiger partial charge < -0.3 is 4.74 Å². The van der Waals surface area contributed by atoms with Gasteiger partial charge in [-0.05, 0) is 35.6 Å². The van der Waals surface area contributed by atoms with Crippen molar-refractivity contribution >= 4 is 16.8 Å². The van der Waals surface area contributed by atoms with E-state index in [0.717, 1.165) is 11.3 Å². The Balaban J connectivity index is 1.91. The molecule has 1 aromatic carbocycles. The highest BCUT2D eigenvalue weighted by molar-refractivity contribution is 6.02. The summed E-state index contributed by atoms with van der Waals surface area (Å²) in [6.45, 7) is 2.24. The number of aromatic nitrogens is 3. The van der Waals surface area contributed by atoms with Crippen molar-refractivity contribution in [1.29, 1.82) is 0 Å². The lowest BCUT2D eigenvalue weighted by molar-refractivity contribution is 0.0953. The van der Waals surface area contributed by atoms with Gasteiger partial charge in [-0.15, -0.1) is 0 Å². The molecular formula is C20H19N3O4. The molecule has 0 aliphatic heterocycles. The van der Waals surface area contributed by atoms with Gasteiger partial charge in [0.2, 0.25) is 0 Å². The third kappa shape index (κ3) is 2.95. The van der Waals surface area contributed by atoms with Crippen LogP contribution in [-0.2, 0) is 13.0 Å². The summed E-state index contributed by atoms with van der Waals surface area (Å²) in [5.41, 5.74) is 1.34. The van der Waals surface area contributed by atoms with Gasteiger partial charge in [0, 0.05) is 18.2 Å². The quantitative estimate of drug-likeness (QED) is 0.765. The largest absolute Gasteiger partial charge is 0.497 e. The van der Waals surface area contributed by atoms with Crippen molar-refractivity contribution in [3.8, 4) is 5.75 Å². The maximum absolute atomic E-state index is 12.5. The normalized spacial score (nSPS) is 16.4. The van der Waals surface area contributed by atoms with Crippen molar-refractivity contribution in [2.45, 2.75) is 26.3 Å². The van der Waals surface area contributed by atoms with E-state index in [4.69, 9.17) is 4.74 Å². The number of rotatable bonds is 3. The highest BCUT2D eigenvalue weighted by Gasteiger charge is 2.26. The Bertz CT molecular complexity index is 1160. The Morgan fingerprint density at radius 1 is 1.19 bits per heavy atom. The van der Waals surface area contributed by atoms with E-state index in [-0.39, 0.29) is 18.2 Å². The number of methoxy groups -OCH3 is 1. The van der Waals surface area contributed by atoms with E-state index in [1.54, 1.807) is 7.11 Å². The van der Waals surface area contributed by atoms with Crippen LogP contribution in [0, 0.1) is 5.92 Å². The molecule has 0 fully saturated rings. The molecule has 1 aliphatic rings. The van der Waals surface area contributed by atoms with Crippen LogP contribution in [0.5, 0.6) is 5.75 Å². The SMILES string of the molecule is COc1ccc(Cn2c(=O)[nH]c(=O)c3c4c(cnc32)C(=O)C[C@H](C)C4)cc1. The van der Waals surface area contributed by atoms with Crippen molar-refractivity contribution in [1.82, 2.24) is 14.5 Å². The molecule has 0 saturated carbocycles. The van der Waals surface area contributed by atoms with Crippen molar-refractivity contribution in [3.63, 3.8) is 0 Å². The zero-order valence-corrected chi connectivity index (χ0v) is 15.1. The molecule has 0 unspecified atom stereocenters. The molecule has 138 valence electrons. The maximum atomic E-state index is 12.5. The number of benzene rings is 1. The number of nitrogens with one attached hydrogen (secondary N) is 1. The molecule has 1 N–H and O–H groups in total. The number of carbonyl (C=O) groups excluding carboxylic acids is 1. The Morgan fingerprint density at radius 2 is 1.93 bits per heavy atom. The summed E-state index contributed by atoms with van der Waals surface area (Å²) in [6, 6.07) is 7.33. The van der Waals surface area contributed by atoms with Crippen LogP contribution in [0.3, 0.4) is 0 Å². The second kappa shape index (κ2) is 6.50. The first-order valence-corrected chi connectivity index (χ1v) is 8.78. The summed E-state index contributed by atoms with van der Waals surface area (Å²) < 4.78 is 6.58. The average Bonchev–Trinajstić information content (AvgIpc) is 2.64. The predicted octanol–water partition coefficient (Wildman–Crippen LogP) is 1.91. The Morgan fingerprint density at radius 3 is 2.63 bits per heavy atom. The first-order chi connectivity index (χ1) is 13.0. The number of hydrogen-bond donors (Lipinski definition) is 1. The van der Waals surface area contributed by atoms with E-state index < -0.39 is 11.2 Å². The topological polar surface area (TPSA) is 94.1 Å². The lowest BCUT2D eigenvalue weighted by atomic mass is 9.84. The number of ketones is 1. The van der Waals surface area contributed by atoms with E-state index in [1.807, 2.05) is 31.2 Å². The van der Waals surface area contributed by atoms with Crippen LogP contribution in [0.1, 0.15) is 34.8 Å². The van der Waals surface area contributed by atoms with Crippen molar-refractivity contribution in [2.75, 3.05) is 7.11 Å². The van der Waals surface area contributed by atoms with Crippen LogP contribution in [-0.4, -0.2) is 27.4 Å². The van der Waals surface area contributed by atoms with Crippen LogP contribution in [0.2, 0.25) is 0 Å². The van der Waals surface area contributed by atoms with Crippen molar-refractivity contribution < 1.29 is 9.53 Å². The minimum atomic E-state index is -0.522. The molecule has 2 aromatic heterocycles. The number of H-pyrrole nitrogens is 1. The number of carbonyl (C=O) groups is 1. The Labute approximate surface area is 154 Å². The number of aromatic amines is 1. The molecule has 0 saturated heterocycles. The fourth-order valence-corrected chi connectivity index (χ4v) is 3.66. The Hall–Kier alpha value is -3.22. The third-order valence-corrected chi connectivity index (χ3v) is 5.00. The summed E-state index contributed by atoms with van der Waals surface area (Å²) in [4.78, 5) is 44.0. The van der Waals surface area contributed by atoms with Crippen LogP contribution in [0.15, 0.2) is 40.1 Å². The minimum Gasteiger partial charge on any atom is -0.497 e. The van der Waals surface area contributed by atoms with Gasteiger partial charge in [-0.25, -0.2) is 9.78 Å². The average molecular weight is 365 g/mol. The van der Waals surface area contributed by atoms with Crippen molar-refractivity contribution in [3.05, 3.63) is 68.0 Å². The summed E-state index contributed by atoms with van der Waals surface area (Å²) in [5.74, 6) is 0.861. The fourth-order valence-electron chi connectivity index (χ4n) is 3.66. The van der Waals surface area contributed by atoms with E-state index in [9.17, 15) is 14.4 Å². The minimum absolute atomic E-state index is 0.00884. The second-order valence-electron chi connectivity index (χ2n) is 6.98. The van der Waals surface area contributed by atoms with Gasteiger partial charge in [-0.3, -0.25) is 19.1 Å². The van der Waals surface area contributed by atoms with Crippen LogP contribution >= 0.6 is 0 Å². The lowest BCUT2D eigenvalue weighted by Crippen LogP contribution is -2.33. The number of pyridine rings is 1. The molecule has 27 heavy (non-hydrogen) atoms. The summed E-state index contributed by atoms with van der Waals surface area (Å²) in [7, 11) is 1.59. The molecule has 3 aromatic rings. The first-order valence-electron chi connectivity index (χ1n) is 8.78. The number of Topliss-reactive ketones (excluding diaryl/α,β-unsaturated/α-hetero) is 1. The zero-order valence-electron chi connectivity index (χ0n) is 15.1. The first kappa shape index (κ1) is 17.2. The molecule has 0 spiro atoms. The van der Waals surface area contributed by atoms with Crippen molar-refractivity contribution in [2.24, 2.45) is 5.92 Å². The van der Waals surface area contributed by atoms with Crippen LogP contribution in [0.4, 0.5) is 0 Å². The number of nitrogens with zero attached hydrogens (tertiary/aromatic N) is 2. The van der Waals surface area contributed by atoms with Gasteiger partial charge in [0.25, 0.3) is 5.56 Å². The summed E-state index contributed by atoms with van der Waals surface area (Å²) in [6.07, 6.45) is 2.56. The summed E-state index contributed by atoms with van der Waals surface area (Å²) in [5, 5.41) is 0.334. The molecule has 2 heterocycles. The fraction of sp³-hybridized carbons (Fsp3) is 0.300. The molecule has 0 bridgehead atoms. The summed E-state index contributed by atoms with van der Waals surface area (Å²) >= 11 is 0. The molecule has 0 radical (unpaired) electrons. The van der Waals surface area contributed by atoms with E-state index in [1.165, 1.54) is 10.8 Å². The zero-order chi connectivity index (χ0) is 19.1. The highest BCUT2D eigenvalue weighted by Crippen LogP contribution is 2.28. The van der Waals surface area contributed by atoms with Gasteiger partial charge >= 0.3 is 5.69 Å². The molecule has 0 amide bonds. The number of fused-ring (bicyclic) bond motifs is 3. The van der Waals surface area contributed by atoms with Crippen LogP contribution < -0.4 is 16.0 Å². The smallest absolute Gasteiger partial charge is 0.330 e. The highest BCUT2D eigenvalue weighted by atomic mass is 16.5. The van der Waals surface area contributed by atoms with E-state index in [2.05, 4.69) is 9.97 Å².